The quantitative estimate of drug-likeness (QED) is 0.589. The fourth-order valence-corrected chi connectivity index (χ4v) is 1.24. The summed E-state index contributed by atoms with van der Waals surface area (Å²) in [6.07, 6.45) is 6.97. The van der Waals surface area contributed by atoms with Crippen LogP contribution < -0.4 is 0 Å². The first-order chi connectivity index (χ1) is 4.73. The van der Waals surface area contributed by atoms with E-state index in [-0.39, 0.29) is 5.41 Å². The van der Waals surface area contributed by atoms with Crippen LogP contribution in [0.1, 0.15) is 13.3 Å². The summed E-state index contributed by atoms with van der Waals surface area (Å²) in [4.78, 5) is 0. The first kappa shape index (κ1) is 7.55. The van der Waals surface area contributed by atoms with Gasteiger partial charge in [0.05, 0.1) is 0 Å². The van der Waals surface area contributed by atoms with Gasteiger partial charge in [-0.3, -0.25) is 0 Å². The molecule has 1 aliphatic carbocycles. The van der Waals surface area contributed by atoms with E-state index in [4.69, 9.17) is 5.11 Å². The second kappa shape index (κ2) is 2.59. The molecule has 1 nitrogen and oxygen atoms in total. The van der Waals surface area contributed by atoms with E-state index < -0.39 is 0 Å². The minimum Gasteiger partial charge on any atom is -0.396 e. The van der Waals surface area contributed by atoms with Crippen LogP contribution in [0.2, 0.25) is 0 Å². The zero-order valence-corrected chi connectivity index (χ0v) is 6.38. The molecule has 1 saturated carbocycles. The van der Waals surface area contributed by atoms with Crippen LogP contribution in [0.4, 0.5) is 0 Å². The summed E-state index contributed by atoms with van der Waals surface area (Å²) in [5, 5.41) is 8.78. The first-order valence-corrected chi connectivity index (χ1v) is 3.64. The fraction of sp³-hybridized carbons (Fsp3) is 0.556. The van der Waals surface area contributed by atoms with Crippen LogP contribution in [0.3, 0.4) is 0 Å². The smallest absolute Gasteiger partial charge is 0.0467 e. The van der Waals surface area contributed by atoms with Crippen LogP contribution >= 0.6 is 0 Å². The average Bonchev–Trinajstić information content (AvgIpc) is 2.59. The van der Waals surface area contributed by atoms with Gasteiger partial charge in [0.25, 0.3) is 0 Å². The normalized spacial score (nSPS) is 38.4. The highest BCUT2D eigenvalue weighted by Gasteiger charge is 2.46. The van der Waals surface area contributed by atoms with Crippen LogP contribution in [0.25, 0.3) is 0 Å². The third-order valence-corrected chi connectivity index (χ3v) is 2.29. The van der Waals surface area contributed by atoms with Gasteiger partial charge in [-0.15, -0.1) is 0 Å². The standard InChI is InChI=1S/C9H14O/c1-3-4-5-9(2)6-8(9)7-10/h3-5,8,10H,1,6-7H2,2H3/b5-4+/t8-,9+/m1/s1. The summed E-state index contributed by atoms with van der Waals surface area (Å²) in [5.41, 5.74) is 0.267. The molecule has 1 rings (SSSR count). The second-order valence-corrected chi connectivity index (χ2v) is 3.18. The number of aliphatic hydroxyl groups is 1. The van der Waals surface area contributed by atoms with Crippen LogP contribution in [0, 0.1) is 11.3 Å². The Balaban J connectivity index is 2.42. The van der Waals surface area contributed by atoms with E-state index in [0.717, 1.165) is 6.42 Å². The summed E-state index contributed by atoms with van der Waals surface area (Å²) < 4.78 is 0. The Hall–Kier alpha value is -0.560. The van der Waals surface area contributed by atoms with Crippen molar-refractivity contribution in [2.45, 2.75) is 13.3 Å². The molecule has 1 aliphatic rings. The van der Waals surface area contributed by atoms with Crippen molar-refractivity contribution in [2.24, 2.45) is 11.3 Å². The summed E-state index contributed by atoms with van der Waals surface area (Å²) >= 11 is 0. The maximum atomic E-state index is 8.78. The molecule has 2 atom stereocenters. The van der Waals surface area contributed by atoms with E-state index in [1.807, 2.05) is 6.08 Å². The molecule has 0 saturated heterocycles. The Morgan fingerprint density at radius 1 is 1.80 bits per heavy atom. The van der Waals surface area contributed by atoms with Gasteiger partial charge in [0.15, 0.2) is 0 Å². The van der Waals surface area contributed by atoms with E-state index in [1.54, 1.807) is 6.08 Å². The summed E-state index contributed by atoms with van der Waals surface area (Å²) in [6, 6.07) is 0. The van der Waals surface area contributed by atoms with Crippen LogP contribution in [-0.4, -0.2) is 11.7 Å². The molecule has 0 aromatic heterocycles. The number of rotatable bonds is 3. The average molecular weight is 138 g/mol. The Labute approximate surface area is 62.1 Å². The van der Waals surface area contributed by atoms with Gasteiger partial charge in [-0.2, -0.15) is 0 Å². The molecule has 1 heteroatoms. The van der Waals surface area contributed by atoms with Crippen molar-refractivity contribution in [1.29, 1.82) is 0 Å². The highest BCUT2D eigenvalue weighted by atomic mass is 16.3. The number of hydrogen-bond donors (Lipinski definition) is 1. The van der Waals surface area contributed by atoms with Gasteiger partial charge in [0, 0.05) is 6.61 Å². The van der Waals surface area contributed by atoms with Crippen molar-refractivity contribution in [1.82, 2.24) is 0 Å². The molecule has 0 aromatic carbocycles. The van der Waals surface area contributed by atoms with Crippen molar-refractivity contribution < 1.29 is 5.11 Å². The van der Waals surface area contributed by atoms with E-state index in [2.05, 4.69) is 19.6 Å². The van der Waals surface area contributed by atoms with Crippen molar-refractivity contribution in [3.05, 3.63) is 24.8 Å². The van der Waals surface area contributed by atoms with E-state index in [0.29, 0.717) is 12.5 Å². The van der Waals surface area contributed by atoms with Crippen molar-refractivity contribution in [3.63, 3.8) is 0 Å². The summed E-state index contributed by atoms with van der Waals surface area (Å²) in [5.74, 6) is 0.490. The minimum atomic E-state index is 0.267. The summed E-state index contributed by atoms with van der Waals surface area (Å²) in [7, 11) is 0. The molecule has 10 heavy (non-hydrogen) atoms. The molecule has 0 aliphatic heterocycles. The predicted octanol–water partition coefficient (Wildman–Crippen LogP) is 1.75. The highest BCUT2D eigenvalue weighted by molar-refractivity contribution is 5.15. The zero-order chi connectivity index (χ0) is 7.61. The van der Waals surface area contributed by atoms with Gasteiger partial charge in [-0.25, -0.2) is 0 Å². The molecule has 1 fully saturated rings. The molecule has 0 heterocycles. The maximum Gasteiger partial charge on any atom is 0.0467 e. The number of hydrogen-bond acceptors (Lipinski definition) is 1. The van der Waals surface area contributed by atoms with E-state index >= 15 is 0 Å². The number of allylic oxidation sites excluding steroid dienone is 3. The third-order valence-electron chi connectivity index (χ3n) is 2.29. The molecular formula is C9H14O. The molecular weight excluding hydrogens is 124 g/mol. The first-order valence-electron chi connectivity index (χ1n) is 3.64. The second-order valence-electron chi connectivity index (χ2n) is 3.18. The Morgan fingerprint density at radius 2 is 2.50 bits per heavy atom. The van der Waals surface area contributed by atoms with Crippen LogP contribution in [-0.2, 0) is 0 Å². The highest BCUT2D eigenvalue weighted by Crippen LogP contribution is 2.52. The lowest BCUT2D eigenvalue weighted by molar-refractivity contribution is 0.262. The van der Waals surface area contributed by atoms with Crippen LogP contribution in [0.15, 0.2) is 24.8 Å². The summed E-state index contributed by atoms with van der Waals surface area (Å²) in [6.45, 7) is 6.07. The fourth-order valence-electron chi connectivity index (χ4n) is 1.24. The molecule has 0 amide bonds. The van der Waals surface area contributed by atoms with Gasteiger partial charge < -0.3 is 5.11 Å². The van der Waals surface area contributed by atoms with Crippen molar-refractivity contribution >= 4 is 0 Å². The lowest BCUT2D eigenvalue weighted by Crippen LogP contribution is -1.96. The van der Waals surface area contributed by atoms with Crippen LogP contribution in [0.5, 0.6) is 0 Å². The molecule has 1 N–H and O–H groups in total. The minimum absolute atomic E-state index is 0.267. The lowest BCUT2D eigenvalue weighted by Gasteiger charge is -1.99. The molecule has 0 spiro atoms. The van der Waals surface area contributed by atoms with E-state index in [1.165, 1.54) is 0 Å². The van der Waals surface area contributed by atoms with Gasteiger partial charge in [0.2, 0.25) is 0 Å². The molecule has 56 valence electrons. The van der Waals surface area contributed by atoms with Gasteiger partial charge in [-0.05, 0) is 17.8 Å². The van der Waals surface area contributed by atoms with E-state index in [9.17, 15) is 0 Å². The zero-order valence-electron chi connectivity index (χ0n) is 6.38. The molecule has 0 aromatic rings. The predicted molar refractivity (Wildman–Crippen MR) is 42.6 cm³/mol. The van der Waals surface area contributed by atoms with Gasteiger partial charge in [-0.1, -0.05) is 31.7 Å². The monoisotopic (exact) mass is 138 g/mol. The largest absolute Gasteiger partial charge is 0.396 e. The molecule has 0 unspecified atom stereocenters. The van der Waals surface area contributed by atoms with Gasteiger partial charge in [0.1, 0.15) is 0 Å². The Kier molecular flexibility index (Phi) is 1.95. The lowest BCUT2D eigenvalue weighted by atomic mass is 10.1. The Morgan fingerprint density at radius 3 is 2.90 bits per heavy atom. The van der Waals surface area contributed by atoms with Gasteiger partial charge >= 0.3 is 0 Å². The third kappa shape index (κ3) is 1.29. The topological polar surface area (TPSA) is 20.2 Å². The molecule has 0 bridgehead atoms. The SMILES string of the molecule is C=C/C=C/[C@@]1(C)C[C@@H]1CO. The van der Waals surface area contributed by atoms with Crippen molar-refractivity contribution in [2.75, 3.05) is 6.61 Å². The number of aliphatic hydroxyl groups excluding tert-OH is 1. The Bertz CT molecular complexity index is 160. The van der Waals surface area contributed by atoms with Crippen molar-refractivity contribution in [3.8, 4) is 0 Å². The maximum absolute atomic E-state index is 8.78. The molecule has 0 radical (unpaired) electrons.